The molecule has 0 radical (unpaired) electrons. The lowest BCUT2D eigenvalue weighted by Crippen LogP contribution is -2.52. The maximum absolute atomic E-state index is 13.9. The largest absolute Gasteiger partial charge is 0.489 e. The van der Waals surface area contributed by atoms with Crippen LogP contribution in [0.25, 0.3) is 0 Å². The van der Waals surface area contributed by atoms with Gasteiger partial charge in [0.25, 0.3) is 5.91 Å². The lowest BCUT2D eigenvalue weighted by atomic mass is 9.98. The first-order chi connectivity index (χ1) is 17.0. The van der Waals surface area contributed by atoms with Crippen molar-refractivity contribution in [2.45, 2.75) is 12.5 Å². The van der Waals surface area contributed by atoms with E-state index in [9.17, 15) is 18.4 Å². The van der Waals surface area contributed by atoms with Gasteiger partial charge in [0.15, 0.2) is 0 Å². The summed E-state index contributed by atoms with van der Waals surface area (Å²) in [6, 6.07) is 11.8. The molecule has 0 unspecified atom stereocenters. The van der Waals surface area contributed by atoms with Gasteiger partial charge in [-0.1, -0.05) is 0 Å². The van der Waals surface area contributed by atoms with Crippen LogP contribution in [0.1, 0.15) is 16.8 Å². The smallest absolute Gasteiger partial charge is 0.256 e. The van der Waals surface area contributed by atoms with Crippen LogP contribution in [0.5, 0.6) is 5.75 Å². The summed E-state index contributed by atoms with van der Waals surface area (Å²) in [6.07, 6.45) is 3.65. The predicted octanol–water partition coefficient (Wildman–Crippen LogP) is 3.12. The third-order valence-corrected chi connectivity index (χ3v) is 6.20. The molecule has 8 nitrogen and oxygen atoms in total. The number of likely N-dealkylation sites (tertiary alicyclic amines) is 1. The second kappa shape index (κ2) is 9.65. The van der Waals surface area contributed by atoms with Crippen molar-refractivity contribution in [1.82, 2.24) is 15.1 Å². The molecule has 2 aromatic carbocycles. The minimum Gasteiger partial charge on any atom is -0.489 e. The monoisotopic (exact) mass is 479 g/mol. The van der Waals surface area contributed by atoms with Crippen LogP contribution in [0.4, 0.5) is 20.2 Å². The van der Waals surface area contributed by atoms with E-state index in [0.29, 0.717) is 50.1 Å². The molecule has 1 aromatic heterocycles. The topological polar surface area (TPSA) is 87.7 Å². The molecule has 35 heavy (non-hydrogen) atoms. The zero-order chi connectivity index (χ0) is 24.4. The van der Waals surface area contributed by atoms with Crippen LogP contribution >= 0.6 is 0 Å². The number of carbonyl (C=O) groups excluding carboxylic acids is 2. The molecule has 0 aliphatic carbocycles. The van der Waals surface area contributed by atoms with Crippen LogP contribution in [0, 0.1) is 17.6 Å². The molecule has 2 aliphatic heterocycles. The van der Waals surface area contributed by atoms with E-state index in [0.717, 1.165) is 17.8 Å². The van der Waals surface area contributed by atoms with Crippen molar-refractivity contribution in [3.05, 3.63) is 78.1 Å². The standard InChI is InChI=1S/C25H23F2N5O3/c26-17-1-6-22(23(27)11-17)25(34)31-10-8-21(15-31)35-20-4-2-18(3-5-20)30-24(33)16-13-32(14-16)19-7-9-28-29-12-19/h1-7,9,11-12,16,21H,8,10,13-15H2,(H,30,33)/t21-/m1/s1. The maximum Gasteiger partial charge on any atom is 0.256 e. The number of aromatic nitrogens is 2. The molecule has 3 heterocycles. The van der Waals surface area contributed by atoms with Crippen LogP contribution in [0.15, 0.2) is 60.9 Å². The van der Waals surface area contributed by atoms with Gasteiger partial charge in [0.05, 0.1) is 36.1 Å². The molecular formula is C25H23F2N5O3. The number of ether oxygens (including phenoxy) is 1. The van der Waals surface area contributed by atoms with E-state index in [1.165, 1.54) is 4.90 Å². The van der Waals surface area contributed by atoms with Crippen LogP contribution in [0.3, 0.4) is 0 Å². The molecule has 5 rings (SSSR count). The van der Waals surface area contributed by atoms with Crippen LogP contribution in [-0.4, -0.2) is 59.2 Å². The summed E-state index contributed by atoms with van der Waals surface area (Å²) in [5, 5.41) is 10.5. The molecule has 1 atom stereocenters. The van der Waals surface area contributed by atoms with Gasteiger partial charge in [-0.3, -0.25) is 9.59 Å². The quantitative estimate of drug-likeness (QED) is 0.585. The van der Waals surface area contributed by atoms with E-state index in [1.807, 2.05) is 6.07 Å². The second-order valence-corrected chi connectivity index (χ2v) is 8.62. The Bertz CT molecular complexity index is 1220. The number of rotatable bonds is 6. The average Bonchev–Trinajstić information content (AvgIpc) is 3.28. The normalized spacial score (nSPS) is 17.7. The molecule has 180 valence electrons. The second-order valence-electron chi connectivity index (χ2n) is 8.62. The van der Waals surface area contributed by atoms with Crippen molar-refractivity contribution in [2.75, 3.05) is 36.4 Å². The highest BCUT2D eigenvalue weighted by Crippen LogP contribution is 2.26. The molecule has 0 bridgehead atoms. The SMILES string of the molecule is O=C(Nc1ccc(O[C@@H]2CCN(C(=O)c3ccc(F)cc3F)C2)cc1)C1CN(c2ccnnc2)C1. The number of carbonyl (C=O) groups is 2. The van der Waals surface area contributed by atoms with E-state index in [-0.39, 0.29) is 23.5 Å². The molecule has 0 saturated carbocycles. The molecule has 3 aromatic rings. The number of benzene rings is 2. The van der Waals surface area contributed by atoms with Crippen LogP contribution < -0.4 is 15.0 Å². The molecule has 2 amide bonds. The Morgan fingerprint density at radius 2 is 1.80 bits per heavy atom. The summed E-state index contributed by atoms with van der Waals surface area (Å²) in [5.74, 6) is -1.63. The highest BCUT2D eigenvalue weighted by atomic mass is 19.1. The fourth-order valence-electron chi connectivity index (χ4n) is 4.22. The number of hydrogen-bond donors (Lipinski definition) is 1. The molecule has 10 heteroatoms. The van der Waals surface area contributed by atoms with E-state index >= 15 is 0 Å². The molecule has 1 N–H and O–H groups in total. The predicted molar refractivity (Wildman–Crippen MR) is 124 cm³/mol. The van der Waals surface area contributed by atoms with E-state index < -0.39 is 17.5 Å². The van der Waals surface area contributed by atoms with Gasteiger partial charge in [-0.15, -0.1) is 0 Å². The summed E-state index contributed by atoms with van der Waals surface area (Å²) in [5.41, 5.74) is 1.46. The molecule has 2 fully saturated rings. The Morgan fingerprint density at radius 1 is 1.00 bits per heavy atom. The highest BCUT2D eigenvalue weighted by Gasteiger charge is 2.33. The number of amides is 2. The van der Waals surface area contributed by atoms with Gasteiger partial charge >= 0.3 is 0 Å². The fraction of sp³-hybridized carbons (Fsp3) is 0.280. The summed E-state index contributed by atoms with van der Waals surface area (Å²) < 4.78 is 33.0. The van der Waals surface area contributed by atoms with E-state index in [1.54, 1.807) is 36.7 Å². The van der Waals surface area contributed by atoms with Crippen LogP contribution in [-0.2, 0) is 4.79 Å². The first kappa shape index (κ1) is 22.7. The fourth-order valence-corrected chi connectivity index (χ4v) is 4.22. The van der Waals surface area contributed by atoms with E-state index in [4.69, 9.17) is 4.74 Å². The number of anilines is 2. The maximum atomic E-state index is 13.9. The van der Waals surface area contributed by atoms with Gasteiger partial charge in [0.2, 0.25) is 5.91 Å². The minimum atomic E-state index is -0.874. The minimum absolute atomic E-state index is 0.0464. The van der Waals surface area contributed by atoms with Gasteiger partial charge in [0, 0.05) is 37.8 Å². The summed E-state index contributed by atoms with van der Waals surface area (Å²) in [7, 11) is 0. The lowest BCUT2D eigenvalue weighted by Gasteiger charge is -2.39. The first-order valence-electron chi connectivity index (χ1n) is 11.3. The molecule has 2 aliphatic rings. The van der Waals surface area contributed by atoms with Crippen LogP contribution in [0.2, 0.25) is 0 Å². The zero-order valence-corrected chi connectivity index (χ0v) is 18.7. The van der Waals surface area contributed by atoms with Crippen molar-refractivity contribution in [2.24, 2.45) is 5.92 Å². The Kier molecular flexibility index (Phi) is 6.26. The Hall–Kier alpha value is -4.08. The van der Waals surface area contributed by atoms with Gasteiger partial charge in [-0.2, -0.15) is 10.2 Å². The Morgan fingerprint density at radius 3 is 2.51 bits per heavy atom. The number of nitrogens with zero attached hydrogens (tertiary/aromatic N) is 4. The van der Waals surface area contributed by atoms with E-state index in [2.05, 4.69) is 20.4 Å². The third kappa shape index (κ3) is 5.06. The van der Waals surface area contributed by atoms with Gasteiger partial charge in [0.1, 0.15) is 23.5 Å². The van der Waals surface area contributed by atoms with Crippen molar-refractivity contribution in [3.8, 4) is 5.75 Å². The molecule has 2 saturated heterocycles. The molecule has 0 spiro atoms. The number of nitrogens with one attached hydrogen (secondary N) is 1. The van der Waals surface area contributed by atoms with Crippen molar-refractivity contribution in [3.63, 3.8) is 0 Å². The Balaban J connectivity index is 1.10. The molecular weight excluding hydrogens is 456 g/mol. The van der Waals surface area contributed by atoms with Crippen molar-refractivity contribution < 1.29 is 23.1 Å². The first-order valence-corrected chi connectivity index (χ1v) is 11.3. The van der Waals surface area contributed by atoms with Gasteiger partial charge in [-0.05, 0) is 42.5 Å². The summed E-state index contributed by atoms with van der Waals surface area (Å²) >= 11 is 0. The van der Waals surface area contributed by atoms with Gasteiger partial charge < -0.3 is 19.9 Å². The zero-order valence-electron chi connectivity index (χ0n) is 18.7. The third-order valence-electron chi connectivity index (χ3n) is 6.20. The number of halogens is 2. The van der Waals surface area contributed by atoms with Gasteiger partial charge in [-0.25, -0.2) is 8.78 Å². The van der Waals surface area contributed by atoms with Crippen molar-refractivity contribution in [1.29, 1.82) is 0 Å². The lowest BCUT2D eigenvalue weighted by molar-refractivity contribution is -0.120. The van der Waals surface area contributed by atoms with Crippen molar-refractivity contribution >= 4 is 23.2 Å². The Labute approximate surface area is 200 Å². The summed E-state index contributed by atoms with van der Waals surface area (Å²) in [6.45, 7) is 1.97. The number of hydrogen-bond acceptors (Lipinski definition) is 6. The summed E-state index contributed by atoms with van der Waals surface area (Å²) in [4.78, 5) is 28.6. The average molecular weight is 479 g/mol. The highest BCUT2D eigenvalue weighted by molar-refractivity contribution is 5.95.